The van der Waals surface area contributed by atoms with E-state index in [2.05, 4.69) is 10.2 Å². The summed E-state index contributed by atoms with van der Waals surface area (Å²) in [6, 6.07) is 2.99. The standard InChI is InChI=1S/C12H15N3O2/c1-6-3-8(7(2)10(13)12(16)17)4-9-5-14-15-11(6)9/h3-5,7,10H,13H2,1-2H3,(H,14,15)(H,16,17). The molecule has 0 aliphatic rings. The summed E-state index contributed by atoms with van der Waals surface area (Å²) in [5.74, 6) is -1.21. The van der Waals surface area contributed by atoms with Gasteiger partial charge in [0.2, 0.25) is 0 Å². The number of nitrogens with two attached hydrogens (primary N) is 1. The Bertz CT molecular complexity index is 562. The highest BCUT2D eigenvalue weighted by molar-refractivity contribution is 5.82. The van der Waals surface area contributed by atoms with Gasteiger partial charge in [0.25, 0.3) is 0 Å². The van der Waals surface area contributed by atoms with E-state index in [-0.39, 0.29) is 5.92 Å². The second kappa shape index (κ2) is 4.18. The molecule has 2 aromatic rings. The molecule has 1 aromatic heterocycles. The fourth-order valence-electron chi connectivity index (χ4n) is 1.95. The van der Waals surface area contributed by atoms with Crippen molar-refractivity contribution in [3.8, 4) is 0 Å². The second-order valence-electron chi connectivity index (χ2n) is 4.32. The Balaban J connectivity index is 2.45. The van der Waals surface area contributed by atoms with Gasteiger partial charge in [-0.15, -0.1) is 0 Å². The Labute approximate surface area is 98.6 Å². The van der Waals surface area contributed by atoms with Gasteiger partial charge in [-0.3, -0.25) is 9.89 Å². The van der Waals surface area contributed by atoms with Crippen LogP contribution in [0.1, 0.15) is 24.0 Å². The number of rotatable bonds is 3. The van der Waals surface area contributed by atoms with E-state index in [1.807, 2.05) is 26.0 Å². The van der Waals surface area contributed by atoms with Crippen molar-refractivity contribution in [2.24, 2.45) is 5.73 Å². The summed E-state index contributed by atoms with van der Waals surface area (Å²) in [7, 11) is 0. The Morgan fingerprint density at radius 3 is 2.88 bits per heavy atom. The summed E-state index contributed by atoms with van der Waals surface area (Å²) in [6.07, 6.45) is 1.73. The van der Waals surface area contributed by atoms with Gasteiger partial charge < -0.3 is 10.8 Å². The number of aliphatic carboxylic acids is 1. The molecule has 0 aliphatic carbocycles. The van der Waals surface area contributed by atoms with Gasteiger partial charge in [0.1, 0.15) is 6.04 Å². The number of carboxylic acids is 1. The lowest BCUT2D eigenvalue weighted by Crippen LogP contribution is -2.35. The van der Waals surface area contributed by atoms with Crippen molar-refractivity contribution < 1.29 is 9.90 Å². The van der Waals surface area contributed by atoms with Crippen LogP contribution in [0.15, 0.2) is 18.3 Å². The zero-order chi connectivity index (χ0) is 12.6. The predicted octanol–water partition coefficient (Wildman–Crippen LogP) is 1.39. The van der Waals surface area contributed by atoms with Crippen molar-refractivity contribution in [1.29, 1.82) is 0 Å². The average Bonchev–Trinajstić information content (AvgIpc) is 2.75. The third-order valence-corrected chi connectivity index (χ3v) is 3.12. The van der Waals surface area contributed by atoms with Gasteiger partial charge in [-0.2, -0.15) is 5.10 Å². The van der Waals surface area contributed by atoms with Crippen LogP contribution in [-0.2, 0) is 4.79 Å². The number of hydrogen-bond acceptors (Lipinski definition) is 3. The highest BCUT2D eigenvalue weighted by Crippen LogP contribution is 2.25. The Morgan fingerprint density at radius 2 is 2.24 bits per heavy atom. The minimum absolute atomic E-state index is 0.231. The van der Waals surface area contributed by atoms with Gasteiger partial charge in [-0.1, -0.05) is 13.0 Å². The van der Waals surface area contributed by atoms with Crippen LogP contribution in [0.4, 0.5) is 0 Å². The second-order valence-corrected chi connectivity index (χ2v) is 4.32. The molecule has 0 saturated carbocycles. The first-order chi connectivity index (χ1) is 8.00. The molecular weight excluding hydrogens is 218 g/mol. The SMILES string of the molecule is Cc1cc(C(C)C(N)C(=O)O)cc2cn[nH]c12. The number of H-pyrrole nitrogens is 1. The number of nitrogens with zero attached hydrogens (tertiary/aromatic N) is 1. The van der Waals surface area contributed by atoms with Crippen molar-refractivity contribution >= 4 is 16.9 Å². The molecule has 0 saturated heterocycles. The first-order valence-electron chi connectivity index (χ1n) is 5.42. The van der Waals surface area contributed by atoms with E-state index in [1.54, 1.807) is 6.20 Å². The normalized spacial score (nSPS) is 14.8. The number of fused-ring (bicyclic) bond motifs is 1. The lowest BCUT2D eigenvalue weighted by Gasteiger charge is -2.17. The van der Waals surface area contributed by atoms with Crippen molar-refractivity contribution in [3.05, 3.63) is 29.5 Å². The Kier molecular flexibility index (Phi) is 2.85. The molecule has 17 heavy (non-hydrogen) atoms. The van der Waals surface area contributed by atoms with Crippen molar-refractivity contribution in [2.75, 3.05) is 0 Å². The van der Waals surface area contributed by atoms with Gasteiger partial charge in [-0.05, 0) is 24.1 Å². The van der Waals surface area contributed by atoms with Crippen LogP contribution in [0.25, 0.3) is 10.9 Å². The van der Waals surface area contributed by atoms with Gasteiger partial charge in [0, 0.05) is 11.3 Å². The van der Waals surface area contributed by atoms with E-state index < -0.39 is 12.0 Å². The predicted molar refractivity (Wildman–Crippen MR) is 64.9 cm³/mol. The molecule has 2 atom stereocenters. The smallest absolute Gasteiger partial charge is 0.321 e. The first kappa shape index (κ1) is 11.6. The summed E-state index contributed by atoms with van der Waals surface area (Å²) in [4.78, 5) is 10.9. The van der Waals surface area contributed by atoms with Crippen LogP contribution >= 0.6 is 0 Å². The molecule has 2 unspecified atom stereocenters. The van der Waals surface area contributed by atoms with Gasteiger partial charge >= 0.3 is 5.97 Å². The number of benzene rings is 1. The van der Waals surface area contributed by atoms with E-state index in [9.17, 15) is 4.79 Å². The zero-order valence-electron chi connectivity index (χ0n) is 9.77. The van der Waals surface area contributed by atoms with Crippen LogP contribution < -0.4 is 5.73 Å². The largest absolute Gasteiger partial charge is 0.480 e. The van der Waals surface area contributed by atoms with Gasteiger partial charge in [0.05, 0.1) is 11.7 Å². The maximum absolute atomic E-state index is 10.9. The molecule has 0 amide bonds. The summed E-state index contributed by atoms with van der Waals surface area (Å²) in [6.45, 7) is 3.78. The quantitative estimate of drug-likeness (QED) is 0.746. The summed E-state index contributed by atoms with van der Waals surface area (Å²) in [5.41, 5.74) is 8.58. The fourth-order valence-corrected chi connectivity index (χ4v) is 1.95. The van der Waals surface area contributed by atoms with Crippen molar-refractivity contribution in [3.63, 3.8) is 0 Å². The monoisotopic (exact) mass is 233 g/mol. The van der Waals surface area contributed by atoms with E-state index in [4.69, 9.17) is 10.8 Å². The molecule has 1 heterocycles. The first-order valence-corrected chi connectivity index (χ1v) is 5.42. The van der Waals surface area contributed by atoms with E-state index in [0.29, 0.717) is 0 Å². The van der Waals surface area contributed by atoms with Crippen LogP contribution in [0.3, 0.4) is 0 Å². The minimum atomic E-state index is -0.984. The van der Waals surface area contributed by atoms with Crippen LogP contribution in [0, 0.1) is 6.92 Å². The molecule has 4 N–H and O–H groups in total. The molecular formula is C12H15N3O2. The number of aromatic amines is 1. The maximum atomic E-state index is 10.9. The number of carbonyl (C=O) groups is 1. The van der Waals surface area contributed by atoms with Gasteiger partial charge in [-0.25, -0.2) is 0 Å². The fraction of sp³-hybridized carbons (Fsp3) is 0.333. The number of nitrogens with one attached hydrogen (secondary N) is 1. The number of carboxylic acid groups (broad SMARTS) is 1. The highest BCUT2D eigenvalue weighted by atomic mass is 16.4. The van der Waals surface area contributed by atoms with Crippen LogP contribution in [-0.4, -0.2) is 27.3 Å². The van der Waals surface area contributed by atoms with Crippen LogP contribution in [0.5, 0.6) is 0 Å². The molecule has 0 radical (unpaired) electrons. The number of aryl methyl sites for hydroxylation is 1. The van der Waals surface area contributed by atoms with Crippen molar-refractivity contribution in [2.45, 2.75) is 25.8 Å². The van der Waals surface area contributed by atoms with E-state index >= 15 is 0 Å². The molecule has 5 heteroatoms. The van der Waals surface area contributed by atoms with E-state index in [0.717, 1.165) is 22.0 Å². The summed E-state index contributed by atoms with van der Waals surface area (Å²) < 4.78 is 0. The van der Waals surface area contributed by atoms with Crippen molar-refractivity contribution in [1.82, 2.24) is 10.2 Å². The third kappa shape index (κ3) is 2.01. The van der Waals surface area contributed by atoms with E-state index in [1.165, 1.54) is 0 Å². The molecule has 2 rings (SSSR count). The third-order valence-electron chi connectivity index (χ3n) is 3.12. The number of aromatic nitrogens is 2. The molecule has 0 spiro atoms. The van der Waals surface area contributed by atoms with Gasteiger partial charge in [0.15, 0.2) is 0 Å². The zero-order valence-corrected chi connectivity index (χ0v) is 9.77. The Hall–Kier alpha value is -1.88. The molecule has 1 aromatic carbocycles. The lowest BCUT2D eigenvalue weighted by atomic mass is 9.92. The molecule has 5 nitrogen and oxygen atoms in total. The summed E-state index contributed by atoms with van der Waals surface area (Å²) >= 11 is 0. The molecule has 0 fully saturated rings. The summed E-state index contributed by atoms with van der Waals surface area (Å²) in [5, 5.41) is 16.8. The molecule has 0 bridgehead atoms. The Morgan fingerprint density at radius 1 is 1.53 bits per heavy atom. The highest BCUT2D eigenvalue weighted by Gasteiger charge is 2.22. The van der Waals surface area contributed by atoms with Crippen LogP contribution in [0.2, 0.25) is 0 Å². The topological polar surface area (TPSA) is 92.0 Å². The molecule has 90 valence electrons. The average molecular weight is 233 g/mol. The number of hydrogen-bond donors (Lipinski definition) is 3. The lowest BCUT2D eigenvalue weighted by molar-refractivity contribution is -0.139. The maximum Gasteiger partial charge on any atom is 0.321 e. The molecule has 0 aliphatic heterocycles. The minimum Gasteiger partial charge on any atom is -0.480 e.